The fraction of sp³-hybridized carbons (Fsp3) is 0.231. The monoisotopic (exact) mass is 485 g/mol. The van der Waals surface area contributed by atoms with Crippen molar-refractivity contribution in [3.8, 4) is 17.7 Å². The molecule has 2 N–H and O–H groups in total. The molecule has 2 aromatic carbocycles. The molecule has 0 spiro atoms. The average Bonchev–Trinajstić information content (AvgIpc) is 3.24. The van der Waals surface area contributed by atoms with Crippen molar-refractivity contribution in [2.24, 2.45) is 0 Å². The van der Waals surface area contributed by atoms with Crippen molar-refractivity contribution in [3.63, 3.8) is 0 Å². The lowest BCUT2D eigenvalue weighted by molar-refractivity contribution is 0.0939. The zero-order chi connectivity index (χ0) is 25.2. The van der Waals surface area contributed by atoms with Crippen LogP contribution in [-0.4, -0.2) is 46.6 Å². The molecule has 10 heteroatoms. The molecule has 0 bridgehead atoms. The summed E-state index contributed by atoms with van der Waals surface area (Å²) in [5, 5.41) is 16.5. The van der Waals surface area contributed by atoms with Crippen LogP contribution in [0.3, 0.4) is 0 Å². The largest absolute Gasteiger partial charge is 0.434 e. The normalized spacial score (nSPS) is 13.4. The van der Waals surface area contributed by atoms with Crippen molar-refractivity contribution in [1.82, 2.24) is 19.9 Å². The van der Waals surface area contributed by atoms with Crippen LogP contribution < -0.4 is 20.3 Å². The van der Waals surface area contributed by atoms with Crippen LogP contribution in [0, 0.1) is 24.1 Å². The third-order valence-electron chi connectivity index (χ3n) is 6.13. The van der Waals surface area contributed by atoms with Gasteiger partial charge in [0.25, 0.3) is 0 Å². The number of rotatable bonds is 5. The van der Waals surface area contributed by atoms with Gasteiger partial charge in [0, 0.05) is 55.6 Å². The predicted molar refractivity (Wildman–Crippen MR) is 135 cm³/mol. The zero-order valence-corrected chi connectivity index (χ0v) is 19.9. The molecule has 0 saturated carbocycles. The summed E-state index contributed by atoms with van der Waals surface area (Å²) < 4.78 is 22.5. The van der Waals surface area contributed by atoms with Crippen LogP contribution in [-0.2, 0) is 0 Å². The van der Waals surface area contributed by atoms with Gasteiger partial charge in [-0.2, -0.15) is 5.26 Å². The number of anilines is 3. The van der Waals surface area contributed by atoms with Gasteiger partial charge in [-0.15, -0.1) is 0 Å². The van der Waals surface area contributed by atoms with Gasteiger partial charge in [-0.1, -0.05) is 0 Å². The molecule has 0 amide bonds. The van der Waals surface area contributed by atoms with E-state index in [1.54, 1.807) is 19.1 Å². The Kier molecular flexibility index (Phi) is 6.23. The maximum Gasteiger partial charge on any atom is 0.242 e. The third kappa shape index (κ3) is 4.32. The van der Waals surface area contributed by atoms with E-state index < -0.39 is 5.82 Å². The first-order valence-corrected chi connectivity index (χ1v) is 11.5. The Bertz CT molecular complexity index is 1490. The highest BCUT2D eigenvalue weighted by Gasteiger charge is 2.20. The first-order chi connectivity index (χ1) is 17.5. The summed E-state index contributed by atoms with van der Waals surface area (Å²) in [5.41, 5.74) is 2.96. The second-order valence-corrected chi connectivity index (χ2v) is 8.48. The second kappa shape index (κ2) is 9.64. The van der Waals surface area contributed by atoms with Crippen LogP contribution in [0.5, 0.6) is 11.6 Å². The molecule has 0 radical (unpaired) electrons. The standard InChI is InChI=1S/C26H24FN7O2/c1-16-13-20-22(34(16)17(2)35)7-8-23(24(20)27)36-26-21(14-28)25(30-15-31-26)32-18-3-5-19(6-4-18)33-11-9-29-10-12-33/h3-8,13,15,29H,9-12H2,1-2H3,(H,30,31,32). The Balaban J connectivity index is 1.41. The summed E-state index contributed by atoms with van der Waals surface area (Å²) >= 11 is 0. The van der Waals surface area contributed by atoms with Crippen molar-refractivity contribution < 1.29 is 13.9 Å². The minimum atomic E-state index is -0.642. The summed E-state index contributed by atoms with van der Waals surface area (Å²) in [6.07, 6.45) is 1.25. The number of nitrogens with zero attached hydrogens (tertiary/aromatic N) is 5. The van der Waals surface area contributed by atoms with Crippen molar-refractivity contribution >= 4 is 34.0 Å². The van der Waals surface area contributed by atoms with Gasteiger partial charge in [-0.3, -0.25) is 9.36 Å². The van der Waals surface area contributed by atoms with E-state index >= 15 is 4.39 Å². The summed E-state index contributed by atoms with van der Waals surface area (Å²) in [5.74, 6) is -0.790. The fourth-order valence-electron chi connectivity index (χ4n) is 4.42. The van der Waals surface area contributed by atoms with Gasteiger partial charge in [0.15, 0.2) is 22.9 Å². The van der Waals surface area contributed by atoms with E-state index in [0.29, 0.717) is 11.2 Å². The van der Waals surface area contributed by atoms with Gasteiger partial charge >= 0.3 is 0 Å². The number of halogens is 1. The first-order valence-electron chi connectivity index (χ1n) is 11.5. The van der Waals surface area contributed by atoms with E-state index in [2.05, 4.69) is 31.6 Å². The lowest BCUT2D eigenvalue weighted by Crippen LogP contribution is -2.43. The number of fused-ring (bicyclic) bond motifs is 1. The molecule has 1 fully saturated rings. The molecule has 4 aromatic rings. The topological polar surface area (TPSA) is 108 Å². The van der Waals surface area contributed by atoms with Crippen LogP contribution in [0.2, 0.25) is 0 Å². The Hall–Kier alpha value is -4.49. The zero-order valence-electron chi connectivity index (χ0n) is 19.9. The molecular weight excluding hydrogens is 461 g/mol. The molecule has 9 nitrogen and oxygen atoms in total. The number of carbonyl (C=O) groups is 1. The molecule has 5 rings (SSSR count). The fourth-order valence-corrected chi connectivity index (χ4v) is 4.42. The summed E-state index contributed by atoms with van der Waals surface area (Å²) in [7, 11) is 0. The molecular formula is C26H24FN7O2. The highest BCUT2D eigenvalue weighted by molar-refractivity contribution is 5.93. The minimum Gasteiger partial charge on any atom is -0.434 e. The van der Waals surface area contributed by atoms with E-state index in [9.17, 15) is 10.1 Å². The number of hydrogen-bond donors (Lipinski definition) is 2. The van der Waals surface area contributed by atoms with Crippen molar-refractivity contribution in [2.45, 2.75) is 13.8 Å². The molecule has 3 heterocycles. The number of benzene rings is 2. The number of piperazine rings is 1. The van der Waals surface area contributed by atoms with Gasteiger partial charge < -0.3 is 20.3 Å². The number of aryl methyl sites for hydroxylation is 1. The smallest absolute Gasteiger partial charge is 0.242 e. The lowest BCUT2D eigenvalue weighted by atomic mass is 10.2. The number of nitriles is 1. The Morgan fingerprint density at radius 3 is 2.61 bits per heavy atom. The van der Waals surface area contributed by atoms with Gasteiger partial charge in [0.2, 0.25) is 11.8 Å². The highest BCUT2D eigenvalue weighted by Crippen LogP contribution is 2.34. The number of nitrogens with one attached hydrogen (secondary N) is 2. The number of hydrogen-bond acceptors (Lipinski definition) is 8. The molecule has 36 heavy (non-hydrogen) atoms. The van der Waals surface area contributed by atoms with Gasteiger partial charge in [-0.05, 0) is 49.4 Å². The Morgan fingerprint density at radius 1 is 1.17 bits per heavy atom. The summed E-state index contributed by atoms with van der Waals surface area (Å²) in [6, 6.07) is 14.5. The van der Waals surface area contributed by atoms with Crippen molar-refractivity contribution in [1.29, 1.82) is 5.26 Å². The van der Waals surface area contributed by atoms with Crippen LogP contribution in [0.4, 0.5) is 21.6 Å². The first kappa shape index (κ1) is 23.3. The maximum atomic E-state index is 15.3. The molecule has 2 aromatic heterocycles. The van der Waals surface area contributed by atoms with Crippen LogP contribution in [0.25, 0.3) is 10.9 Å². The van der Waals surface area contributed by atoms with Gasteiger partial charge in [0.1, 0.15) is 12.4 Å². The van der Waals surface area contributed by atoms with E-state index in [1.807, 2.05) is 24.3 Å². The predicted octanol–water partition coefficient (Wildman–Crippen LogP) is 4.36. The van der Waals surface area contributed by atoms with Crippen molar-refractivity contribution in [2.75, 3.05) is 36.4 Å². The summed E-state index contributed by atoms with van der Waals surface area (Å²) in [4.78, 5) is 22.5. The Labute approximate surface area is 207 Å². The molecule has 0 aliphatic carbocycles. The van der Waals surface area contributed by atoms with E-state index in [4.69, 9.17) is 4.74 Å². The quantitative estimate of drug-likeness (QED) is 0.429. The van der Waals surface area contributed by atoms with Gasteiger partial charge in [-0.25, -0.2) is 14.4 Å². The third-order valence-corrected chi connectivity index (χ3v) is 6.13. The van der Waals surface area contributed by atoms with Crippen LogP contribution in [0.1, 0.15) is 23.0 Å². The lowest BCUT2D eigenvalue weighted by Gasteiger charge is -2.29. The number of carbonyl (C=O) groups excluding carboxylic acids is 1. The van der Waals surface area contributed by atoms with Gasteiger partial charge in [0.05, 0.1) is 5.52 Å². The number of aromatic nitrogens is 3. The van der Waals surface area contributed by atoms with E-state index in [1.165, 1.54) is 23.9 Å². The Morgan fingerprint density at radius 2 is 1.92 bits per heavy atom. The second-order valence-electron chi connectivity index (χ2n) is 8.48. The SMILES string of the molecule is CC(=O)n1c(C)cc2c(F)c(Oc3ncnc(Nc4ccc(N5CCNCC5)cc4)c3C#N)ccc21. The molecule has 1 saturated heterocycles. The molecule has 182 valence electrons. The highest BCUT2D eigenvalue weighted by atomic mass is 19.1. The van der Waals surface area contributed by atoms with Crippen molar-refractivity contribution in [3.05, 3.63) is 65.9 Å². The summed E-state index contributed by atoms with van der Waals surface area (Å²) in [6.45, 7) is 6.93. The minimum absolute atomic E-state index is 0.0423. The maximum absolute atomic E-state index is 15.3. The molecule has 1 aliphatic rings. The molecule has 0 unspecified atom stereocenters. The average molecular weight is 486 g/mol. The van der Waals surface area contributed by atoms with E-state index in [0.717, 1.165) is 37.6 Å². The molecule has 0 atom stereocenters. The number of ether oxygens (including phenoxy) is 1. The van der Waals surface area contributed by atoms with E-state index in [-0.39, 0.29) is 34.3 Å². The molecule has 1 aliphatic heterocycles. The van der Waals surface area contributed by atoms with Crippen LogP contribution in [0.15, 0.2) is 48.8 Å². The van der Waals surface area contributed by atoms with Crippen LogP contribution >= 0.6 is 0 Å².